The third kappa shape index (κ3) is 2.76. The van der Waals surface area contributed by atoms with Crippen LogP contribution in [0.1, 0.15) is 5.56 Å². The summed E-state index contributed by atoms with van der Waals surface area (Å²) in [4.78, 5) is 4.08. The molecule has 0 bridgehead atoms. The monoisotopic (exact) mass is 356 g/mol. The molecule has 1 saturated heterocycles. The van der Waals surface area contributed by atoms with Crippen molar-refractivity contribution in [3.8, 4) is 0 Å². The second-order valence-electron chi connectivity index (χ2n) is 4.75. The second kappa shape index (κ2) is 5.85. The highest BCUT2D eigenvalue weighted by Gasteiger charge is 2.42. The van der Waals surface area contributed by atoms with Crippen LogP contribution in [-0.4, -0.2) is 27.8 Å². The molecule has 1 fully saturated rings. The van der Waals surface area contributed by atoms with Gasteiger partial charge in [0, 0.05) is 17.4 Å². The van der Waals surface area contributed by atoms with Gasteiger partial charge in [0.2, 0.25) is 0 Å². The Morgan fingerprint density at radius 2 is 2.20 bits per heavy atom. The van der Waals surface area contributed by atoms with Crippen LogP contribution in [-0.2, 0) is 21.6 Å². The van der Waals surface area contributed by atoms with Crippen molar-refractivity contribution in [2.45, 2.75) is 18.4 Å². The molecule has 4 nitrogen and oxygen atoms in total. The molecular weight excluding hydrogens is 344 g/mol. The number of benzene rings is 1. The van der Waals surface area contributed by atoms with Crippen molar-refractivity contribution in [2.75, 3.05) is 11.9 Å². The summed E-state index contributed by atoms with van der Waals surface area (Å²) >= 11 is 9.37. The Balaban J connectivity index is 1.93. The van der Waals surface area contributed by atoms with Gasteiger partial charge in [0.25, 0.3) is 0 Å². The zero-order valence-electron chi connectivity index (χ0n) is 10.7. The lowest BCUT2D eigenvalue weighted by Crippen LogP contribution is -2.34. The predicted molar refractivity (Wildman–Crippen MR) is 80.0 cm³/mol. The third-order valence-corrected chi connectivity index (χ3v) is 4.13. The molecule has 2 heterocycles. The molecule has 1 aliphatic rings. The Morgan fingerprint density at radius 1 is 1.40 bits per heavy atom. The quantitative estimate of drug-likeness (QED) is 0.789. The summed E-state index contributed by atoms with van der Waals surface area (Å²) in [5, 5.41) is 1.36. The molecule has 0 radical (unpaired) electrons. The van der Waals surface area contributed by atoms with Crippen LogP contribution in [0.3, 0.4) is 0 Å². The van der Waals surface area contributed by atoms with Gasteiger partial charge in [0.1, 0.15) is 5.60 Å². The Hall–Kier alpha value is -0.880. The Bertz CT molecular complexity index is 561. The smallest absolute Gasteiger partial charge is 0.168 e. The first-order valence-corrected chi connectivity index (χ1v) is 7.79. The van der Waals surface area contributed by atoms with Crippen molar-refractivity contribution in [3.05, 3.63) is 53.6 Å². The van der Waals surface area contributed by atoms with E-state index in [0.717, 1.165) is 5.56 Å². The molecule has 1 aliphatic heterocycles. The van der Waals surface area contributed by atoms with Gasteiger partial charge in [-0.25, -0.2) is 4.98 Å². The summed E-state index contributed by atoms with van der Waals surface area (Å²) in [6, 6.07) is 7.72. The van der Waals surface area contributed by atoms with Gasteiger partial charge < -0.3 is 14.0 Å². The molecule has 0 spiro atoms. The third-order valence-electron chi connectivity index (χ3n) is 3.35. The minimum absolute atomic E-state index is 0.241. The highest BCUT2D eigenvalue weighted by Crippen LogP contribution is 2.36. The first kappa shape index (κ1) is 14.1. The SMILES string of the molecule is Clc1ccc(C2(Cn3ccnc3)COC(CBr)O2)cc1. The molecule has 2 unspecified atom stereocenters. The molecule has 1 aromatic carbocycles. The fourth-order valence-corrected chi connectivity index (χ4v) is 2.82. The van der Waals surface area contributed by atoms with Crippen molar-refractivity contribution in [2.24, 2.45) is 0 Å². The van der Waals surface area contributed by atoms with Crippen LogP contribution in [0.25, 0.3) is 0 Å². The van der Waals surface area contributed by atoms with E-state index in [2.05, 4.69) is 20.9 Å². The van der Waals surface area contributed by atoms with E-state index in [-0.39, 0.29) is 6.29 Å². The van der Waals surface area contributed by atoms with Crippen molar-refractivity contribution in [1.29, 1.82) is 0 Å². The van der Waals surface area contributed by atoms with Crippen molar-refractivity contribution in [3.63, 3.8) is 0 Å². The number of rotatable bonds is 4. The van der Waals surface area contributed by atoms with Gasteiger partial charge >= 0.3 is 0 Å². The Morgan fingerprint density at radius 3 is 2.80 bits per heavy atom. The number of alkyl halides is 1. The number of aromatic nitrogens is 2. The highest BCUT2D eigenvalue weighted by molar-refractivity contribution is 9.09. The average Bonchev–Trinajstić information content (AvgIpc) is 3.10. The Kier molecular flexibility index (Phi) is 4.12. The number of ether oxygens (including phenoxy) is 2. The van der Waals surface area contributed by atoms with Gasteiger partial charge in [0.05, 0.1) is 24.8 Å². The largest absolute Gasteiger partial charge is 0.348 e. The van der Waals surface area contributed by atoms with E-state index in [1.807, 2.05) is 35.0 Å². The maximum Gasteiger partial charge on any atom is 0.168 e. The lowest BCUT2D eigenvalue weighted by atomic mass is 9.94. The summed E-state index contributed by atoms with van der Waals surface area (Å²) in [5.74, 6) is 0. The van der Waals surface area contributed by atoms with Crippen molar-refractivity contribution in [1.82, 2.24) is 9.55 Å². The summed E-state index contributed by atoms with van der Waals surface area (Å²) in [6.45, 7) is 1.15. The molecule has 1 aromatic heterocycles. The van der Waals surface area contributed by atoms with Gasteiger partial charge in [-0.15, -0.1) is 0 Å². The molecule has 106 valence electrons. The van der Waals surface area contributed by atoms with Gasteiger partial charge in [-0.3, -0.25) is 0 Å². The molecule has 0 saturated carbocycles. The predicted octanol–water partition coefficient (Wildman–Crippen LogP) is 3.20. The lowest BCUT2D eigenvalue weighted by molar-refractivity contribution is -0.0819. The summed E-state index contributed by atoms with van der Waals surface area (Å²) in [7, 11) is 0. The van der Waals surface area contributed by atoms with Crippen LogP contribution < -0.4 is 0 Å². The van der Waals surface area contributed by atoms with Crippen molar-refractivity contribution >= 4 is 27.5 Å². The van der Waals surface area contributed by atoms with E-state index in [1.54, 1.807) is 12.5 Å². The van der Waals surface area contributed by atoms with Gasteiger partial charge in [-0.05, 0) is 17.7 Å². The zero-order valence-corrected chi connectivity index (χ0v) is 13.0. The normalized spacial score (nSPS) is 26.0. The van der Waals surface area contributed by atoms with Crippen LogP contribution >= 0.6 is 27.5 Å². The lowest BCUT2D eigenvalue weighted by Gasteiger charge is -2.28. The number of nitrogens with zero attached hydrogens (tertiary/aromatic N) is 2. The minimum atomic E-state index is -0.510. The van der Waals surface area contributed by atoms with Crippen LogP contribution in [0.15, 0.2) is 43.0 Å². The van der Waals surface area contributed by atoms with Crippen molar-refractivity contribution < 1.29 is 9.47 Å². The summed E-state index contributed by atoms with van der Waals surface area (Å²) in [5.41, 5.74) is 0.544. The molecule has 2 atom stereocenters. The van der Waals surface area contributed by atoms with Crippen LogP contribution in [0, 0.1) is 0 Å². The standard InChI is InChI=1S/C14H14BrClN2O2/c15-7-13-19-9-14(20-13,8-18-6-5-17-10-18)11-1-3-12(16)4-2-11/h1-6,10,13H,7-9H2. The van der Waals surface area contributed by atoms with Gasteiger partial charge in [-0.2, -0.15) is 0 Å². The topological polar surface area (TPSA) is 36.3 Å². The summed E-state index contributed by atoms with van der Waals surface area (Å²) < 4.78 is 13.8. The molecule has 0 amide bonds. The van der Waals surface area contributed by atoms with E-state index in [9.17, 15) is 0 Å². The Labute approximate surface area is 130 Å². The van der Waals surface area contributed by atoms with E-state index < -0.39 is 5.60 Å². The van der Waals surface area contributed by atoms with Crippen LogP contribution in [0.2, 0.25) is 5.02 Å². The fourth-order valence-electron chi connectivity index (χ4n) is 2.38. The van der Waals surface area contributed by atoms with Gasteiger partial charge in [0.15, 0.2) is 6.29 Å². The molecule has 3 rings (SSSR count). The number of imidazole rings is 1. The number of hydrogen-bond acceptors (Lipinski definition) is 3. The highest BCUT2D eigenvalue weighted by atomic mass is 79.9. The first-order chi connectivity index (χ1) is 9.72. The molecular formula is C14H14BrClN2O2. The summed E-state index contributed by atoms with van der Waals surface area (Å²) in [6.07, 6.45) is 5.22. The fraction of sp³-hybridized carbons (Fsp3) is 0.357. The average molecular weight is 358 g/mol. The zero-order chi connectivity index (χ0) is 14.0. The second-order valence-corrected chi connectivity index (χ2v) is 5.83. The first-order valence-electron chi connectivity index (χ1n) is 6.29. The minimum Gasteiger partial charge on any atom is -0.348 e. The van der Waals surface area contributed by atoms with Crippen LogP contribution in [0.5, 0.6) is 0 Å². The van der Waals surface area contributed by atoms with E-state index in [1.165, 1.54) is 0 Å². The molecule has 2 aromatic rings. The maximum absolute atomic E-state index is 6.14. The maximum atomic E-state index is 6.14. The number of hydrogen-bond donors (Lipinski definition) is 0. The molecule has 0 aliphatic carbocycles. The van der Waals surface area contributed by atoms with E-state index in [0.29, 0.717) is 23.5 Å². The number of halogens is 2. The molecule has 20 heavy (non-hydrogen) atoms. The molecule has 0 N–H and O–H groups in total. The molecule has 6 heteroatoms. The van der Waals surface area contributed by atoms with Crippen LogP contribution in [0.4, 0.5) is 0 Å². The van der Waals surface area contributed by atoms with E-state index in [4.69, 9.17) is 21.1 Å². The van der Waals surface area contributed by atoms with E-state index >= 15 is 0 Å². The van der Waals surface area contributed by atoms with Gasteiger partial charge in [-0.1, -0.05) is 39.7 Å².